The number of anilines is 1. The number of fused-ring (bicyclic) bond motifs is 1. The maximum Gasteiger partial charge on any atom is 0.490 e. The molecule has 0 aromatic carbocycles. The summed E-state index contributed by atoms with van der Waals surface area (Å²) in [6, 6.07) is 2.17. The highest BCUT2D eigenvalue weighted by Gasteiger charge is 2.44. The third-order valence-electron chi connectivity index (χ3n) is 5.09. The molecule has 12 heteroatoms. The van der Waals surface area contributed by atoms with E-state index in [1.165, 1.54) is 5.56 Å². The average molecular weight is 458 g/mol. The lowest BCUT2D eigenvalue weighted by Crippen LogP contribution is -2.42. The second kappa shape index (κ2) is 10.2. The molecule has 2 saturated heterocycles. The van der Waals surface area contributed by atoms with Gasteiger partial charge in [0.1, 0.15) is 0 Å². The van der Waals surface area contributed by atoms with Crippen LogP contribution in [0, 0.1) is 17.8 Å². The van der Waals surface area contributed by atoms with Crippen LogP contribution >= 0.6 is 11.3 Å². The molecule has 2 aromatic heterocycles. The van der Waals surface area contributed by atoms with Gasteiger partial charge in [0.25, 0.3) is 0 Å². The molecule has 0 bridgehead atoms. The quantitative estimate of drug-likeness (QED) is 0.725. The van der Waals surface area contributed by atoms with E-state index in [0.29, 0.717) is 24.3 Å². The largest absolute Gasteiger partial charge is 0.490 e. The summed E-state index contributed by atoms with van der Waals surface area (Å²) in [5, 5.41) is 14.3. The number of carboxylic acid groups (broad SMARTS) is 1. The molecule has 2 aliphatic heterocycles. The van der Waals surface area contributed by atoms with Crippen LogP contribution in [0.4, 0.5) is 19.0 Å². The SMILES string of the molecule is O=C(Nc1cnccn1)[C@@H]1COC[C@H]2CN(Cc3ccsc3)C[C@H]21.O=C(O)C(F)(F)F. The van der Waals surface area contributed by atoms with Gasteiger partial charge in [0.2, 0.25) is 5.91 Å². The summed E-state index contributed by atoms with van der Waals surface area (Å²) < 4.78 is 37.5. The first-order chi connectivity index (χ1) is 14.7. The highest BCUT2D eigenvalue weighted by molar-refractivity contribution is 7.07. The van der Waals surface area contributed by atoms with E-state index in [1.54, 1.807) is 29.9 Å². The van der Waals surface area contributed by atoms with E-state index in [9.17, 15) is 18.0 Å². The Hall–Kier alpha value is -2.57. The normalized spacial score (nSPS) is 23.4. The van der Waals surface area contributed by atoms with Crippen molar-refractivity contribution in [2.24, 2.45) is 17.8 Å². The van der Waals surface area contributed by atoms with Crippen LogP contribution in [0.3, 0.4) is 0 Å². The monoisotopic (exact) mass is 458 g/mol. The zero-order valence-electron chi connectivity index (χ0n) is 16.3. The molecule has 0 radical (unpaired) electrons. The summed E-state index contributed by atoms with van der Waals surface area (Å²) in [5.74, 6) is -1.63. The van der Waals surface area contributed by atoms with Gasteiger partial charge in [-0.1, -0.05) is 0 Å². The van der Waals surface area contributed by atoms with Crippen molar-refractivity contribution in [2.75, 3.05) is 31.6 Å². The minimum atomic E-state index is -5.08. The zero-order valence-corrected chi connectivity index (χ0v) is 17.1. The summed E-state index contributed by atoms with van der Waals surface area (Å²) >= 11 is 1.73. The van der Waals surface area contributed by atoms with Crippen LogP contribution in [0.2, 0.25) is 0 Å². The first kappa shape index (κ1) is 23.1. The first-order valence-corrected chi connectivity index (χ1v) is 10.4. The van der Waals surface area contributed by atoms with Gasteiger partial charge in [-0.3, -0.25) is 14.7 Å². The Morgan fingerprint density at radius 1 is 1.29 bits per heavy atom. The average Bonchev–Trinajstić information content (AvgIpc) is 3.37. The molecule has 2 aliphatic rings. The molecule has 4 heterocycles. The van der Waals surface area contributed by atoms with E-state index < -0.39 is 12.1 Å². The Bertz CT molecular complexity index is 867. The van der Waals surface area contributed by atoms with E-state index >= 15 is 0 Å². The Kier molecular flexibility index (Phi) is 7.57. The van der Waals surface area contributed by atoms with Crippen LogP contribution in [-0.2, 0) is 20.9 Å². The molecule has 3 atom stereocenters. The molecular weight excluding hydrogens is 437 g/mol. The number of rotatable bonds is 4. The maximum atomic E-state index is 12.7. The van der Waals surface area contributed by atoms with Crippen LogP contribution in [0.5, 0.6) is 0 Å². The van der Waals surface area contributed by atoms with Gasteiger partial charge in [0, 0.05) is 32.0 Å². The van der Waals surface area contributed by atoms with Gasteiger partial charge in [0.15, 0.2) is 5.82 Å². The van der Waals surface area contributed by atoms with Crippen molar-refractivity contribution in [3.8, 4) is 0 Å². The number of carbonyl (C=O) groups is 2. The predicted molar refractivity (Wildman–Crippen MR) is 105 cm³/mol. The van der Waals surface area contributed by atoms with E-state index in [1.807, 2.05) is 0 Å². The van der Waals surface area contributed by atoms with Gasteiger partial charge in [0.05, 0.1) is 25.3 Å². The summed E-state index contributed by atoms with van der Waals surface area (Å²) in [4.78, 5) is 32.1. The lowest BCUT2D eigenvalue weighted by atomic mass is 9.82. The fourth-order valence-corrected chi connectivity index (χ4v) is 4.37. The highest BCUT2D eigenvalue weighted by atomic mass is 32.1. The van der Waals surface area contributed by atoms with Gasteiger partial charge >= 0.3 is 12.1 Å². The molecule has 0 spiro atoms. The van der Waals surface area contributed by atoms with E-state index in [2.05, 4.69) is 37.0 Å². The van der Waals surface area contributed by atoms with Gasteiger partial charge in [-0.05, 0) is 34.2 Å². The molecule has 2 N–H and O–H groups in total. The molecule has 0 aliphatic carbocycles. The molecule has 0 saturated carbocycles. The van der Waals surface area contributed by atoms with Crippen LogP contribution in [0.25, 0.3) is 0 Å². The van der Waals surface area contributed by atoms with E-state index in [4.69, 9.17) is 14.6 Å². The Morgan fingerprint density at radius 3 is 2.68 bits per heavy atom. The molecule has 2 fully saturated rings. The number of hydrogen-bond acceptors (Lipinski definition) is 7. The molecule has 2 aromatic rings. The van der Waals surface area contributed by atoms with Crippen molar-refractivity contribution in [3.63, 3.8) is 0 Å². The van der Waals surface area contributed by atoms with E-state index in [-0.39, 0.29) is 11.8 Å². The molecule has 0 unspecified atom stereocenters. The van der Waals surface area contributed by atoms with Gasteiger partial charge in [-0.25, -0.2) is 9.78 Å². The molecule has 168 valence electrons. The van der Waals surface area contributed by atoms with Gasteiger partial charge in [-0.2, -0.15) is 24.5 Å². The summed E-state index contributed by atoms with van der Waals surface area (Å²) in [7, 11) is 0. The Labute approximate surface area is 180 Å². The Balaban J connectivity index is 0.000000339. The topological polar surface area (TPSA) is 105 Å². The highest BCUT2D eigenvalue weighted by Crippen LogP contribution is 2.35. The maximum absolute atomic E-state index is 12.7. The predicted octanol–water partition coefficient (Wildman–Crippen LogP) is 2.50. The molecule has 31 heavy (non-hydrogen) atoms. The third-order valence-corrected chi connectivity index (χ3v) is 5.83. The standard InChI is InChI=1S/C17H20N4O2S.C2HF3O2/c22-17(20-16-5-18-2-3-19-16)15-10-23-9-13-7-21(8-14(13)15)6-12-1-4-24-11-12;3-2(4,5)1(6)7/h1-5,11,13-15H,6-10H2,(H,19,20,22);(H,6,7)/t13-,14-,15-;/m1./s1. The minimum Gasteiger partial charge on any atom is -0.475 e. The number of alkyl halides is 3. The molecular formula is C19H21F3N4O4S. The number of likely N-dealkylation sites (tertiary alicyclic amines) is 1. The van der Waals surface area contributed by atoms with Crippen molar-refractivity contribution in [3.05, 3.63) is 41.0 Å². The van der Waals surface area contributed by atoms with Crippen molar-refractivity contribution in [2.45, 2.75) is 12.7 Å². The molecule has 8 nitrogen and oxygen atoms in total. The number of ether oxygens (including phenoxy) is 1. The number of nitrogens with zero attached hydrogens (tertiary/aromatic N) is 3. The second-order valence-electron chi connectivity index (χ2n) is 7.28. The number of thiophene rings is 1. The van der Waals surface area contributed by atoms with E-state index in [0.717, 1.165) is 26.2 Å². The summed E-state index contributed by atoms with van der Waals surface area (Å²) in [5.41, 5.74) is 1.35. The summed E-state index contributed by atoms with van der Waals surface area (Å²) in [6.45, 7) is 4.13. The number of carbonyl (C=O) groups excluding carboxylic acids is 1. The number of carboxylic acids is 1. The van der Waals surface area contributed by atoms with Crippen molar-refractivity contribution >= 4 is 29.0 Å². The van der Waals surface area contributed by atoms with Crippen molar-refractivity contribution in [1.82, 2.24) is 14.9 Å². The molecule has 1 amide bonds. The van der Waals surface area contributed by atoms with Gasteiger partial charge in [-0.15, -0.1) is 0 Å². The smallest absolute Gasteiger partial charge is 0.475 e. The number of halogens is 3. The number of amides is 1. The van der Waals surface area contributed by atoms with Gasteiger partial charge < -0.3 is 15.2 Å². The lowest BCUT2D eigenvalue weighted by Gasteiger charge is -2.31. The minimum absolute atomic E-state index is 0.0115. The van der Waals surface area contributed by atoms with Crippen LogP contribution in [0.15, 0.2) is 35.4 Å². The van der Waals surface area contributed by atoms with Crippen LogP contribution < -0.4 is 5.32 Å². The van der Waals surface area contributed by atoms with Crippen LogP contribution in [-0.4, -0.2) is 64.3 Å². The fraction of sp³-hybridized carbons (Fsp3) is 0.474. The fourth-order valence-electron chi connectivity index (χ4n) is 3.71. The number of hydrogen-bond donors (Lipinski definition) is 2. The number of aliphatic carboxylic acids is 1. The zero-order chi connectivity index (χ0) is 22.4. The van der Waals surface area contributed by atoms with Crippen molar-refractivity contribution in [1.29, 1.82) is 0 Å². The Morgan fingerprint density at radius 2 is 2.06 bits per heavy atom. The lowest BCUT2D eigenvalue weighted by molar-refractivity contribution is -0.192. The third kappa shape index (κ3) is 6.45. The second-order valence-corrected chi connectivity index (χ2v) is 8.06. The number of nitrogens with one attached hydrogen (secondary N) is 1. The van der Waals surface area contributed by atoms with Crippen molar-refractivity contribution < 1.29 is 32.6 Å². The first-order valence-electron chi connectivity index (χ1n) is 9.42. The summed E-state index contributed by atoms with van der Waals surface area (Å²) in [6.07, 6.45) is -0.348. The van der Waals surface area contributed by atoms with Crippen LogP contribution in [0.1, 0.15) is 5.56 Å². The number of aromatic nitrogens is 2. The molecule has 4 rings (SSSR count).